The highest BCUT2D eigenvalue weighted by atomic mass is 35.5. The van der Waals surface area contributed by atoms with Crippen LogP contribution >= 0.6 is 12.4 Å². The molecule has 0 bridgehead atoms. The maximum atomic E-state index is 11.7. The van der Waals surface area contributed by atoms with E-state index in [1.807, 2.05) is 0 Å². The lowest BCUT2D eigenvalue weighted by molar-refractivity contribution is -0.121. The number of amides is 1. The molecular formula is C15H24ClN3O3S. The second kappa shape index (κ2) is 9.22. The van der Waals surface area contributed by atoms with E-state index in [2.05, 4.69) is 10.6 Å². The zero-order valence-electron chi connectivity index (χ0n) is 13.0. The molecule has 1 unspecified atom stereocenters. The van der Waals surface area contributed by atoms with Gasteiger partial charge in [0.15, 0.2) is 0 Å². The molecule has 4 N–H and O–H groups in total. The topological polar surface area (TPSA) is 101 Å². The van der Waals surface area contributed by atoms with Crippen LogP contribution < -0.4 is 15.8 Å². The number of rotatable bonds is 7. The summed E-state index contributed by atoms with van der Waals surface area (Å²) in [5.41, 5.74) is 0.963. The van der Waals surface area contributed by atoms with Gasteiger partial charge < -0.3 is 10.6 Å². The van der Waals surface area contributed by atoms with Gasteiger partial charge >= 0.3 is 0 Å². The summed E-state index contributed by atoms with van der Waals surface area (Å²) in [5.74, 6) is 0.0647. The number of sulfonamides is 1. The Bertz CT molecular complexity index is 599. The Morgan fingerprint density at radius 2 is 2.00 bits per heavy atom. The van der Waals surface area contributed by atoms with E-state index in [1.54, 1.807) is 12.1 Å². The van der Waals surface area contributed by atoms with Gasteiger partial charge in [0, 0.05) is 19.0 Å². The summed E-state index contributed by atoms with van der Waals surface area (Å²) in [5, 5.41) is 11.3. The molecule has 1 aliphatic rings. The fraction of sp³-hybridized carbons (Fsp3) is 0.533. The quantitative estimate of drug-likeness (QED) is 0.672. The zero-order valence-corrected chi connectivity index (χ0v) is 14.6. The first-order valence-electron chi connectivity index (χ1n) is 7.57. The third-order valence-electron chi connectivity index (χ3n) is 3.87. The van der Waals surface area contributed by atoms with Gasteiger partial charge in [0.2, 0.25) is 15.9 Å². The molecule has 1 amide bonds. The van der Waals surface area contributed by atoms with E-state index < -0.39 is 10.0 Å². The van der Waals surface area contributed by atoms with Crippen molar-refractivity contribution in [1.82, 2.24) is 10.6 Å². The lowest BCUT2D eigenvalue weighted by Gasteiger charge is -2.10. The summed E-state index contributed by atoms with van der Waals surface area (Å²) in [4.78, 5) is 11.8. The maximum absolute atomic E-state index is 11.7. The van der Waals surface area contributed by atoms with Crippen LogP contribution in [0.15, 0.2) is 29.2 Å². The molecule has 1 heterocycles. The Kier molecular flexibility index (Phi) is 7.98. The largest absolute Gasteiger partial charge is 0.356 e. The number of primary sulfonamides is 1. The number of halogens is 1. The lowest BCUT2D eigenvalue weighted by Crippen LogP contribution is -2.28. The van der Waals surface area contributed by atoms with Crippen LogP contribution in [0, 0.1) is 0 Å². The number of nitrogens with two attached hydrogens (primary N) is 1. The Morgan fingerprint density at radius 1 is 1.30 bits per heavy atom. The minimum absolute atomic E-state index is 0. The van der Waals surface area contributed by atoms with E-state index in [4.69, 9.17) is 5.14 Å². The molecule has 1 saturated heterocycles. The monoisotopic (exact) mass is 361 g/mol. The van der Waals surface area contributed by atoms with Crippen molar-refractivity contribution in [3.05, 3.63) is 29.8 Å². The summed E-state index contributed by atoms with van der Waals surface area (Å²) in [6.45, 7) is 1.60. The first-order chi connectivity index (χ1) is 10.4. The SMILES string of the molecule is Cl.NS(=O)(=O)c1ccc(CCNC(=O)CCC2CCCN2)cc1. The normalized spacial score (nSPS) is 17.5. The first-order valence-corrected chi connectivity index (χ1v) is 9.11. The number of benzene rings is 1. The summed E-state index contributed by atoms with van der Waals surface area (Å²) < 4.78 is 22.3. The molecule has 1 atom stereocenters. The number of nitrogens with one attached hydrogen (secondary N) is 2. The molecule has 8 heteroatoms. The number of carbonyl (C=O) groups excluding carboxylic acids is 1. The third kappa shape index (κ3) is 6.87. The molecule has 1 aliphatic heterocycles. The Morgan fingerprint density at radius 3 is 2.57 bits per heavy atom. The highest BCUT2D eigenvalue weighted by Gasteiger charge is 2.15. The van der Waals surface area contributed by atoms with Crippen LogP contribution in [-0.2, 0) is 21.2 Å². The predicted molar refractivity (Wildman–Crippen MR) is 92.0 cm³/mol. The molecule has 0 aliphatic carbocycles. The van der Waals surface area contributed by atoms with Gasteiger partial charge in [-0.2, -0.15) is 0 Å². The molecule has 1 fully saturated rings. The molecule has 0 aromatic heterocycles. The van der Waals surface area contributed by atoms with Crippen LogP contribution in [-0.4, -0.2) is 33.5 Å². The van der Waals surface area contributed by atoms with Crippen LogP contribution in [0.4, 0.5) is 0 Å². The molecule has 0 saturated carbocycles. The highest BCUT2D eigenvalue weighted by molar-refractivity contribution is 7.89. The molecule has 130 valence electrons. The summed E-state index contributed by atoms with van der Waals surface area (Å²) in [6, 6.07) is 6.88. The van der Waals surface area contributed by atoms with Gasteiger partial charge in [-0.25, -0.2) is 13.6 Å². The van der Waals surface area contributed by atoms with Crippen molar-refractivity contribution >= 4 is 28.3 Å². The van der Waals surface area contributed by atoms with Crippen molar-refractivity contribution in [2.45, 2.75) is 43.0 Å². The Labute approximate surface area is 143 Å². The third-order valence-corrected chi connectivity index (χ3v) is 4.80. The van der Waals surface area contributed by atoms with Crippen LogP contribution in [0.1, 0.15) is 31.2 Å². The van der Waals surface area contributed by atoms with E-state index in [1.165, 1.54) is 18.6 Å². The first kappa shape index (κ1) is 19.9. The standard InChI is InChI=1S/C15H23N3O3S.ClH/c16-22(20,21)14-6-3-12(4-7-14)9-11-18-15(19)8-5-13-2-1-10-17-13;/h3-4,6-7,13,17H,1-2,5,8-11H2,(H,18,19)(H2,16,20,21);1H. The van der Waals surface area contributed by atoms with Crippen LogP contribution in [0.2, 0.25) is 0 Å². The summed E-state index contributed by atoms with van der Waals surface area (Å²) in [7, 11) is -3.64. The molecule has 2 rings (SSSR count). The van der Waals surface area contributed by atoms with E-state index in [9.17, 15) is 13.2 Å². The number of carbonyl (C=O) groups is 1. The molecule has 1 aromatic rings. The van der Waals surface area contributed by atoms with Gasteiger partial charge in [0.1, 0.15) is 0 Å². The minimum Gasteiger partial charge on any atom is -0.356 e. The number of hydrogen-bond acceptors (Lipinski definition) is 4. The van der Waals surface area contributed by atoms with Crippen molar-refractivity contribution < 1.29 is 13.2 Å². The fourth-order valence-corrected chi connectivity index (χ4v) is 3.10. The molecule has 0 spiro atoms. The van der Waals surface area contributed by atoms with Gasteiger partial charge in [-0.3, -0.25) is 4.79 Å². The average Bonchev–Trinajstić information content (AvgIpc) is 2.98. The average molecular weight is 362 g/mol. The predicted octanol–water partition coefficient (Wildman–Crippen LogP) is 0.947. The van der Waals surface area contributed by atoms with Gasteiger partial charge in [0.05, 0.1) is 4.90 Å². The van der Waals surface area contributed by atoms with Gasteiger partial charge in [-0.1, -0.05) is 12.1 Å². The summed E-state index contributed by atoms with van der Waals surface area (Å²) >= 11 is 0. The Balaban J connectivity index is 0.00000264. The second-order valence-corrected chi connectivity index (χ2v) is 7.18. The Hall–Kier alpha value is -1.15. The smallest absolute Gasteiger partial charge is 0.238 e. The summed E-state index contributed by atoms with van der Waals surface area (Å²) in [6.07, 6.45) is 4.44. The fourth-order valence-electron chi connectivity index (χ4n) is 2.59. The van der Waals surface area contributed by atoms with Crippen molar-refractivity contribution in [2.24, 2.45) is 5.14 Å². The molecule has 0 radical (unpaired) electrons. The van der Waals surface area contributed by atoms with Crippen LogP contribution in [0.25, 0.3) is 0 Å². The van der Waals surface area contributed by atoms with E-state index in [0.29, 0.717) is 25.4 Å². The van der Waals surface area contributed by atoms with Gasteiger partial charge in [0.25, 0.3) is 0 Å². The van der Waals surface area contributed by atoms with Crippen molar-refractivity contribution in [1.29, 1.82) is 0 Å². The molecular weight excluding hydrogens is 338 g/mol. The van der Waals surface area contributed by atoms with Crippen LogP contribution in [0.3, 0.4) is 0 Å². The minimum atomic E-state index is -3.64. The van der Waals surface area contributed by atoms with Crippen molar-refractivity contribution in [3.8, 4) is 0 Å². The van der Waals surface area contributed by atoms with E-state index in [0.717, 1.165) is 24.9 Å². The van der Waals surface area contributed by atoms with E-state index in [-0.39, 0.29) is 23.2 Å². The van der Waals surface area contributed by atoms with E-state index >= 15 is 0 Å². The maximum Gasteiger partial charge on any atom is 0.238 e. The molecule has 1 aromatic carbocycles. The van der Waals surface area contributed by atoms with Gasteiger partial charge in [-0.15, -0.1) is 12.4 Å². The second-order valence-electron chi connectivity index (χ2n) is 5.62. The van der Waals surface area contributed by atoms with Gasteiger partial charge in [-0.05, 0) is 49.9 Å². The highest BCUT2D eigenvalue weighted by Crippen LogP contribution is 2.11. The van der Waals surface area contributed by atoms with Crippen LogP contribution in [0.5, 0.6) is 0 Å². The molecule has 6 nitrogen and oxygen atoms in total. The molecule has 23 heavy (non-hydrogen) atoms. The lowest BCUT2D eigenvalue weighted by atomic mass is 10.1. The van der Waals surface area contributed by atoms with Crippen molar-refractivity contribution in [3.63, 3.8) is 0 Å². The number of hydrogen-bond donors (Lipinski definition) is 3. The zero-order chi connectivity index (χ0) is 16.0. The van der Waals surface area contributed by atoms with Crippen molar-refractivity contribution in [2.75, 3.05) is 13.1 Å².